The molecule has 0 aliphatic rings. The van der Waals surface area contributed by atoms with Crippen LogP contribution in [0.2, 0.25) is 0 Å². The lowest BCUT2D eigenvalue weighted by atomic mass is 10.2. The predicted octanol–water partition coefficient (Wildman–Crippen LogP) is 0.645. The number of hydrogen-bond acceptors (Lipinski definition) is 4. The summed E-state index contributed by atoms with van der Waals surface area (Å²) in [5.74, 6) is -1.18. The van der Waals surface area contributed by atoms with Crippen LogP contribution < -0.4 is 4.72 Å². The highest BCUT2D eigenvalue weighted by Gasteiger charge is 2.21. The monoisotopic (exact) mass is 304 g/mol. The molecule has 0 bridgehead atoms. The molecule has 0 radical (unpaired) electrons. The Morgan fingerprint density at radius 1 is 1.45 bits per heavy atom. The topological polar surface area (TPSA) is 109 Å². The summed E-state index contributed by atoms with van der Waals surface area (Å²) in [7, 11) is -3.81. The van der Waals surface area contributed by atoms with E-state index in [1.54, 1.807) is 6.92 Å². The fraction of sp³-hybridized carbons (Fsp3) is 0.583. The van der Waals surface area contributed by atoms with Gasteiger partial charge in [0, 0.05) is 19.3 Å². The van der Waals surface area contributed by atoms with Crippen molar-refractivity contribution in [3.05, 3.63) is 18.0 Å². The van der Waals surface area contributed by atoms with Crippen molar-refractivity contribution < 1.29 is 23.4 Å². The Labute approximate surface area is 118 Å². The molecule has 1 unspecified atom stereocenters. The summed E-state index contributed by atoms with van der Waals surface area (Å²) in [5.41, 5.74) is -0.0815. The lowest BCUT2D eigenvalue weighted by molar-refractivity contribution is 0.0685. The smallest absolute Gasteiger partial charge is 0.352 e. The average molecular weight is 304 g/mol. The fourth-order valence-corrected chi connectivity index (χ4v) is 2.91. The number of carbonyl (C=O) groups is 1. The van der Waals surface area contributed by atoms with Crippen LogP contribution >= 0.6 is 0 Å². The van der Waals surface area contributed by atoms with Crippen molar-refractivity contribution >= 4 is 16.0 Å². The minimum absolute atomic E-state index is 0.0815. The Morgan fingerprint density at radius 2 is 2.10 bits per heavy atom. The zero-order chi connectivity index (χ0) is 15.3. The van der Waals surface area contributed by atoms with E-state index >= 15 is 0 Å². The summed E-state index contributed by atoms with van der Waals surface area (Å²) in [6.07, 6.45) is 1.77. The van der Waals surface area contributed by atoms with Crippen LogP contribution in [0.1, 0.15) is 37.2 Å². The molecule has 0 spiro atoms. The standard InChI is InChI=1S/C12H20N2O5S/c1-3-5-9(15)7-13-20(18,19)10-6-11(12(16)17)14(4-2)8-10/h6,8-9,13,15H,3-5,7H2,1-2H3,(H,16,17). The van der Waals surface area contributed by atoms with Gasteiger partial charge in [0.15, 0.2) is 0 Å². The van der Waals surface area contributed by atoms with E-state index in [-0.39, 0.29) is 17.1 Å². The molecule has 3 N–H and O–H groups in total. The number of nitrogens with zero attached hydrogens (tertiary/aromatic N) is 1. The van der Waals surface area contributed by atoms with Crippen LogP contribution in [0.3, 0.4) is 0 Å². The molecule has 1 atom stereocenters. The van der Waals surface area contributed by atoms with Gasteiger partial charge >= 0.3 is 5.97 Å². The van der Waals surface area contributed by atoms with Crippen molar-refractivity contribution in [2.45, 2.75) is 44.2 Å². The summed E-state index contributed by atoms with van der Waals surface area (Å²) in [6.45, 7) is 3.88. The highest BCUT2D eigenvalue weighted by atomic mass is 32.2. The van der Waals surface area contributed by atoms with Gasteiger partial charge in [0.1, 0.15) is 10.6 Å². The molecule has 1 aromatic heterocycles. The van der Waals surface area contributed by atoms with Crippen molar-refractivity contribution in [3.63, 3.8) is 0 Å². The quantitative estimate of drug-likeness (QED) is 0.653. The first-order valence-corrected chi connectivity index (χ1v) is 7.91. The van der Waals surface area contributed by atoms with Gasteiger partial charge in [-0.3, -0.25) is 0 Å². The fourth-order valence-electron chi connectivity index (χ4n) is 1.80. The third-order valence-electron chi connectivity index (χ3n) is 2.87. The number of nitrogens with one attached hydrogen (secondary N) is 1. The van der Waals surface area contributed by atoms with Gasteiger partial charge in [-0.2, -0.15) is 0 Å². The number of rotatable bonds is 8. The number of sulfonamides is 1. The second-order valence-corrected chi connectivity index (χ2v) is 6.21. The van der Waals surface area contributed by atoms with Crippen molar-refractivity contribution in [1.82, 2.24) is 9.29 Å². The molecule has 20 heavy (non-hydrogen) atoms. The van der Waals surface area contributed by atoms with Gasteiger partial charge in [-0.15, -0.1) is 0 Å². The Hall–Kier alpha value is -1.38. The molecule has 8 heteroatoms. The summed E-state index contributed by atoms with van der Waals surface area (Å²) in [4.78, 5) is 10.9. The maximum absolute atomic E-state index is 12.0. The summed E-state index contributed by atoms with van der Waals surface area (Å²) in [5, 5.41) is 18.5. The van der Waals surface area contributed by atoms with Gasteiger partial charge in [0.25, 0.3) is 0 Å². The molecule has 0 amide bonds. The van der Waals surface area contributed by atoms with Crippen molar-refractivity contribution in [1.29, 1.82) is 0 Å². The van der Waals surface area contributed by atoms with Gasteiger partial charge in [-0.05, 0) is 19.4 Å². The Morgan fingerprint density at radius 3 is 2.55 bits per heavy atom. The first-order valence-electron chi connectivity index (χ1n) is 6.43. The first kappa shape index (κ1) is 16.7. The van der Waals surface area contributed by atoms with Gasteiger partial charge in [-0.1, -0.05) is 13.3 Å². The molecule has 1 rings (SSSR count). The molecule has 7 nitrogen and oxygen atoms in total. The highest BCUT2D eigenvalue weighted by molar-refractivity contribution is 7.89. The lowest BCUT2D eigenvalue weighted by Gasteiger charge is -2.10. The number of aromatic carboxylic acids is 1. The van der Waals surface area contributed by atoms with E-state index in [2.05, 4.69) is 4.72 Å². The molecule has 0 fully saturated rings. The number of carboxylic acid groups (broad SMARTS) is 1. The number of aliphatic hydroxyl groups is 1. The van der Waals surface area contributed by atoms with Crippen LogP contribution in [-0.4, -0.2) is 41.8 Å². The summed E-state index contributed by atoms with van der Waals surface area (Å²) >= 11 is 0. The number of hydrogen-bond donors (Lipinski definition) is 3. The third-order valence-corrected chi connectivity index (χ3v) is 4.26. The number of aryl methyl sites for hydroxylation is 1. The molecule has 0 saturated heterocycles. The van der Waals surface area contributed by atoms with Gasteiger partial charge in [0.05, 0.1) is 6.10 Å². The summed E-state index contributed by atoms with van der Waals surface area (Å²) < 4.78 is 27.7. The van der Waals surface area contributed by atoms with Crippen LogP contribution in [0.15, 0.2) is 17.2 Å². The van der Waals surface area contributed by atoms with Crippen LogP contribution in [0.4, 0.5) is 0 Å². The minimum Gasteiger partial charge on any atom is -0.477 e. The zero-order valence-electron chi connectivity index (χ0n) is 11.5. The van der Waals surface area contributed by atoms with E-state index in [4.69, 9.17) is 5.11 Å². The maximum atomic E-state index is 12.0. The van der Waals surface area contributed by atoms with Gasteiger partial charge < -0.3 is 14.8 Å². The third kappa shape index (κ3) is 4.06. The number of carboxylic acids is 1. The zero-order valence-corrected chi connectivity index (χ0v) is 12.4. The molecular weight excluding hydrogens is 284 g/mol. The second kappa shape index (κ2) is 6.87. The van der Waals surface area contributed by atoms with E-state index in [0.29, 0.717) is 13.0 Å². The molecular formula is C12H20N2O5S. The maximum Gasteiger partial charge on any atom is 0.352 e. The summed E-state index contributed by atoms with van der Waals surface area (Å²) in [6, 6.07) is 1.11. The molecule has 114 valence electrons. The Kier molecular flexibility index (Phi) is 5.73. The van der Waals surface area contributed by atoms with Crippen LogP contribution in [0, 0.1) is 0 Å². The largest absolute Gasteiger partial charge is 0.477 e. The van der Waals surface area contributed by atoms with Crippen molar-refractivity contribution in [2.24, 2.45) is 0 Å². The molecule has 0 aliphatic heterocycles. The second-order valence-electron chi connectivity index (χ2n) is 4.45. The van der Waals surface area contributed by atoms with Crippen LogP contribution in [0.5, 0.6) is 0 Å². The van der Waals surface area contributed by atoms with Gasteiger partial charge in [-0.25, -0.2) is 17.9 Å². The van der Waals surface area contributed by atoms with Gasteiger partial charge in [0.2, 0.25) is 10.0 Å². The Bertz CT molecular complexity index is 564. The van der Waals surface area contributed by atoms with E-state index in [0.717, 1.165) is 12.5 Å². The first-order chi connectivity index (χ1) is 9.31. The number of aromatic nitrogens is 1. The molecule has 1 heterocycles. The SMILES string of the molecule is CCCC(O)CNS(=O)(=O)c1cc(C(=O)O)n(CC)c1. The van der Waals surface area contributed by atoms with E-state index in [9.17, 15) is 18.3 Å². The molecule has 0 aromatic carbocycles. The van der Waals surface area contributed by atoms with Crippen molar-refractivity contribution in [2.75, 3.05) is 6.54 Å². The van der Waals surface area contributed by atoms with Crippen molar-refractivity contribution in [3.8, 4) is 0 Å². The van der Waals surface area contributed by atoms with E-state index < -0.39 is 22.1 Å². The molecule has 0 aliphatic carbocycles. The molecule has 1 aromatic rings. The van der Waals surface area contributed by atoms with Crippen LogP contribution in [-0.2, 0) is 16.6 Å². The van der Waals surface area contributed by atoms with Crippen LogP contribution in [0.25, 0.3) is 0 Å². The normalized spacial score (nSPS) is 13.3. The highest BCUT2D eigenvalue weighted by Crippen LogP contribution is 2.14. The lowest BCUT2D eigenvalue weighted by Crippen LogP contribution is -2.31. The Balaban J connectivity index is 2.90. The predicted molar refractivity (Wildman–Crippen MR) is 73.2 cm³/mol. The average Bonchev–Trinajstić information content (AvgIpc) is 2.82. The molecule has 0 saturated carbocycles. The van der Waals surface area contributed by atoms with E-state index in [1.165, 1.54) is 10.8 Å². The minimum atomic E-state index is -3.81. The number of aliphatic hydroxyl groups excluding tert-OH is 1. The van der Waals surface area contributed by atoms with E-state index in [1.807, 2.05) is 6.92 Å².